The Morgan fingerprint density at radius 1 is 0.953 bits per heavy atom. The zero-order chi connectivity index (χ0) is 29.3. The van der Waals surface area contributed by atoms with Crippen LogP contribution in [0.3, 0.4) is 0 Å². The molecule has 4 aromatic rings. The number of anilines is 2. The van der Waals surface area contributed by atoms with Crippen molar-refractivity contribution in [1.82, 2.24) is 20.1 Å². The minimum atomic E-state index is -1.25. The third kappa shape index (κ3) is 5.51. The minimum Gasteiger partial charge on any atom is -0.381 e. The van der Waals surface area contributed by atoms with Crippen molar-refractivity contribution in [3.63, 3.8) is 0 Å². The first kappa shape index (κ1) is 27.0. The molecule has 2 aromatic carbocycles. The van der Waals surface area contributed by atoms with Gasteiger partial charge in [-0.1, -0.05) is 48.5 Å². The molecule has 2 fully saturated rings. The zero-order valence-electron chi connectivity index (χ0n) is 23.3. The lowest BCUT2D eigenvalue weighted by molar-refractivity contribution is -0.117. The van der Waals surface area contributed by atoms with Gasteiger partial charge in [0.15, 0.2) is 0 Å². The number of nitrogens with zero attached hydrogens (tertiary/aromatic N) is 4. The van der Waals surface area contributed by atoms with Gasteiger partial charge in [0.1, 0.15) is 5.82 Å². The molecule has 0 bridgehead atoms. The van der Waals surface area contributed by atoms with Crippen molar-refractivity contribution in [1.29, 1.82) is 0 Å². The van der Waals surface area contributed by atoms with E-state index in [0.717, 1.165) is 24.0 Å². The van der Waals surface area contributed by atoms with Gasteiger partial charge in [-0.25, -0.2) is 9.98 Å². The molecule has 2 aliphatic heterocycles. The molecule has 2 amide bonds. The summed E-state index contributed by atoms with van der Waals surface area (Å²) in [5, 5.41) is 13.4. The highest BCUT2D eigenvalue weighted by atomic mass is 19.1. The van der Waals surface area contributed by atoms with E-state index in [0.29, 0.717) is 55.0 Å². The predicted octanol–water partition coefficient (Wildman–Crippen LogP) is 4.56. The number of ether oxygens (including phenoxy) is 1. The summed E-state index contributed by atoms with van der Waals surface area (Å²) in [7, 11) is 0. The van der Waals surface area contributed by atoms with E-state index in [1.54, 1.807) is 22.9 Å². The second-order valence-electron chi connectivity index (χ2n) is 10.9. The maximum Gasteiger partial charge on any atom is 0.269 e. The second-order valence-corrected chi connectivity index (χ2v) is 10.9. The van der Waals surface area contributed by atoms with E-state index < -0.39 is 23.9 Å². The molecule has 2 aromatic heterocycles. The van der Waals surface area contributed by atoms with E-state index >= 15 is 4.39 Å². The third-order valence-electron chi connectivity index (χ3n) is 7.87. The quantitative estimate of drug-likeness (QED) is 0.276. The topological polar surface area (TPSA) is 123 Å². The van der Waals surface area contributed by atoms with Crippen molar-refractivity contribution >= 4 is 29.0 Å². The molecule has 3 N–H and O–H groups in total. The smallest absolute Gasteiger partial charge is 0.269 e. The molecule has 1 saturated heterocycles. The molecule has 3 aliphatic rings. The molecule has 0 unspecified atom stereocenters. The minimum absolute atomic E-state index is 0.0904. The van der Waals surface area contributed by atoms with E-state index in [1.807, 2.05) is 48.5 Å². The largest absolute Gasteiger partial charge is 0.381 e. The zero-order valence-corrected chi connectivity index (χ0v) is 23.3. The summed E-state index contributed by atoms with van der Waals surface area (Å²) in [4.78, 5) is 36.2. The fourth-order valence-electron chi connectivity index (χ4n) is 5.51. The number of hydrogen-bond acceptors (Lipinski definition) is 7. The van der Waals surface area contributed by atoms with E-state index in [2.05, 4.69) is 26.0 Å². The molecule has 1 saturated carbocycles. The Kier molecular flexibility index (Phi) is 7.15. The van der Waals surface area contributed by atoms with Crippen LogP contribution in [0.25, 0.3) is 11.3 Å². The summed E-state index contributed by atoms with van der Waals surface area (Å²) in [6.45, 7) is 1.08. The average molecular weight is 580 g/mol. The molecule has 4 heterocycles. The maximum atomic E-state index is 15.6. The first-order valence-corrected chi connectivity index (χ1v) is 14.5. The lowest BCUT2D eigenvalue weighted by Crippen LogP contribution is -2.42. The van der Waals surface area contributed by atoms with Crippen LogP contribution in [0.15, 0.2) is 77.9 Å². The van der Waals surface area contributed by atoms with Crippen LogP contribution in [0.4, 0.5) is 15.9 Å². The van der Waals surface area contributed by atoms with Crippen molar-refractivity contribution in [2.24, 2.45) is 4.99 Å². The molecule has 0 radical (unpaired) electrons. The SMILES string of the molecule is O=C(N[C@H]1N=C(c2ccccc2)c2ccccc2NC1=O)c1cnn(C2CCOCC2)c1-c1ccc(NC2CC2)nc1F. The number of pyridine rings is 1. The van der Waals surface area contributed by atoms with Crippen LogP contribution < -0.4 is 16.0 Å². The molecule has 0 spiro atoms. The number of benzene rings is 2. The van der Waals surface area contributed by atoms with Gasteiger partial charge in [0.2, 0.25) is 12.1 Å². The first-order chi connectivity index (χ1) is 21.0. The monoisotopic (exact) mass is 579 g/mol. The summed E-state index contributed by atoms with van der Waals surface area (Å²) in [5.41, 5.74) is 3.27. The van der Waals surface area contributed by atoms with Gasteiger partial charge >= 0.3 is 0 Å². The van der Waals surface area contributed by atoms with Crippen LogP contribution in [0, 0.1) is 5.95 Å². The average Bonchev–Trinajstić information content (AvgIpc) is 3.76. The number of para-hydroxylation sites is 1. The highest BCUT2D eigenvalue weighted by Crippen LogP contribution is 2.33. The summed E-state index contributed by atoms with van der Waals surface area (Å²) < 4.78 is 22.8. The summed E-state index contributed by atoms with van der Waals surface area (Å²) >= 11 is 0. The number of hydrogen-bond donors (Lipinski definition) is 3. The van der Waals surface area contributed by atoms with Crippen LogP contribution in [0.5, 0.6) is 0 Å². The third-order valence-corrected chi connectivity index (χ3v) is 7.87. The molecule has 1 atom stereocenters. The summed E-state index contributed by atoms with van der Waals surface area (Å²) in [6.07, 6.45) is 3.56. The van der Waals surface area contributed by atoms with Crippen molar-refractivity contribution < 1.29 is 18.7 Å². The van der Waals surface area contributed by atoms with Crippen LogP contribution in [-0.4, -0.2) is 57.7 Å². The molecule has 11 heteroatoms. The highest BCUT2D eigenvalue weighted by molar-refractivity contribution is 6.20. The number of nitrogens with one attached hydrogen (secondary N) is 3. The van der Waals surface area contributed by atoms with Gasteiger partial charge in [0.05, 0.1) is 40.5 Å². The Bertz CT molecular complexity index is 1710. The molecular formula is C32H30FN7O3. The lowest BCUT2D eigenvalue weighted by atomic mass is 10.0. The number of halogens is 1. The van der Waals surface area contributed by atoms with E-state index in [-0.39, 0.29) is 17.2 Å². The molecule has 1 aliphatic carbocycles. The summed E-state index contributed by atoms with van der Waals surface area (Å²) in [6, 6.07) is 20.4. The Hall–Kier alpha value is -4.90. The normalized spacial score (nSPS) is 18.7. The van der Waals surface area contributed by atoms with Crippen LogP contribution in [-0.2, 0) is 9.53 Å². The van der Waals surface area contributed by atoms with E-state index in [9.17, 15) is 9.59 Å². The number of aromatic nitrogens is 3. The van der Waals surface area contributed by atoms with Crippen molar-refractivity contribution in [3.8, 4) is 11.3 Å². The fourth-order valence-corrected chi connectivity index (χ4v) is 5.51. The number of carbonyl (C=O) groups excluding carboxylic acids is 2. The number of amides is 2. The van der Waals surface area contributed by atoms with E-state index in [1.165, 1.54) is 6.20 Å². The number of fused-ring (bicyclic) bond motifs is 1. The van der Waals surface area contributed by atoms with Gasteiger partial charge in [-0.2, -0.15) is 9.49 Å². The predicted molar refractivity (Wildman–Crippen MR) is 160 cm³/mol. The van der Waals surface area contributed by atoms with Gasteiger partial charge < -0.3 is 20.7 Å². The molecule has 7 rings (SSSR count). The number of aliphatic imine (C=N–C) groups is 1. The number of rotatable bonds is 7. The molecular weight excluding hydrogens is 549 g/mol. The first-order valence-electron chi connectivity index (χ1n) is 14.5. The fraction of sp³-hybridized carbons (Fsp3) is 0.281. The van der Waals surface area contributed by atoms with Gasteiger partial charge in [0.25, 0.3) is 11.8 Å². The van der Waals surface area contributed by atoms with Crippen molar-refractivity contribution in [2.75, 3.05) is 23.8 Å². The van der Waals surface area contributed by atoms with Gasteiger partial charge in [-0.3, -0.25) is 14.3 Å². The molecule has 218 valence electrons. The Morgan fingerprint density at radius 2 is 1.72 bits per heavy atom. The summed E-state index contributed by atoms with van der Waals surface area (Å²) in [5.74, 6) is -1.35. The van der Waals surface area contributed by atoms with Crippen molar-refractivity contribution in [3.05, 3.63) is 95.6 Å². The second kappa shape index (κ2) is 11.4. The van der Waals surface area contributed by atoms with E-state index in [4.69, 9.17) is 9.73 Å². The maximum absolute atomic E-state index is 15.6. The Labute approximate surface area is 247 Å². The van der Waals surface area contributed by atoms with Crippen LogP contribution in [0.1, 0.15) is 53.2 Å². The van der Waals surface area contributed by atoms with Gasteiger partial charge in [-0.15, -0.1) is 0 Å². The molecule has 43 heavy (non-hydrogen) atoms. The Morgan fingerprint density at radius 3 is 2.49 bits per heavy atom. The van der Waals surface area contributed by atoms with Gasteiger partial charge in [-0.05, 0) is 43.9 Å². The van der Waals surface area contributed by atoms with Gasteiger partial charge in [0, 0.05) is 30.4 Å². The molecule has 10 nitrogen and oxygen atoms in total. The van der Waals surface area contributed by atoms with Crippen molar-refractivity contribution in [2.45, 2.75) is 43.9 Å². The standard InChI is InChI=1S/C32H30FN7O3/c33-29-23(12-13-26(37-29)35-20-10-11-20)28-24(18-34-40(28)21-14-16-43-17-15-21)31(41)39-30-32(42)36-25-9-5-4-8-22(25)27(38-30)19-6-2-1-3-7-19/h1-9,12-13,18,20-21,30H,10-11,14-17H2,(H,35,37)(H,36,42)(H,39,41)/t30-/m1/s1. The van der Waals surface area contributed by atoms with Crippen LogP contribution in [0.2, 0.25) is 0 Å². The number of carbonyl (C=O) groups is 2. The lowest BCUT2D eigenvalue weighted by Gasteiger charge is -2.24. The highest BCUT2D eigenvalue weighted by Gasteiger charge is 2.32. The Balaban J connectivity index is 1.26. The number of benzodiazepines with no additional fused rings is 1. The van der Waals surface area contributed by atoms with Crippen LogP contribution >= 0.6 is 0 Å².